The number of anilines is 1. The highest BCUT2D eigenvalue weighted by atomic mass is 15.2. The van der Waals surface area contributed by atoms with Crippen molar-refractivity contribution in [2.45, 2.75) is 39.7 Å². The average Bonchev–Trinajstić information content (AvgIpc) is 2.29. The molecule has 0 aromatic carbocycles. The van der Waals surface area contributed by atoms with Crippen molar-refractivity contribution in [3.63, 3.8) is 0 Å². The fraction of sp³-hybridized carbons (Fsp3) is 0.615. The predicted octanol–water partition coefficient (Wildman–Crippen LogP) is 2.73. The lowest BCUT2D eigenvalue weighted by Gasteiger charge is -2.26. The van der Waals surface area contributed by atoms with Gasteiger partial charge in [0.2, 0.25) is 0 Å². The van der Waals surface area contributed by atoms with Gasteiger partial charge >= 0.3 is 0 Å². The minimum Gasteiger partial charge on any atom is -0.356 e. The Hall–Kier alpha value is -1.09. The normalized spacial score (nSPS) is 12.5. The summed E-state index contributed by atoms with van der Waals surface area (Å²) >= 11 is 0. The second-order valence-electron chi connectivity index (χ2n) is 4.19. The molecule has 0 fully saturated rings. The lowest BCUT2D eigenvalue weighted by Crippen LogP contribution is -2.28. The second kappa shape index (κ2) is 6.48. The highest BCUT2D eigenvalue weighted by Crippen LogP contribution is 2.22. The molecule has 1 aromatic heterocycles. The SMILES string of the molecule is CCCN(CCC)c1ncccc1[C@@H](C)N. The minimum atomic E-state index is 0.0416. The number of pyridine rings is 1. The van der Waals surface area contributed by atoms with Gasteiger partial charge < -0.3 is 10.6 Å². The van der Waals surface area contributed by atoms with Gasteiger partial charge in [0.25, 0.3) is 0 Å². The van der Waals surface area contributed by atoms with E-state index in [4.69, 9.17) is 5.73 Å². The van der Waals surface area contributed by atoms with E-state index < -0.39 is 0 Å². The van der Waals surface area contributed by atoms with Crippen LogP contribution in [-0.2, 0) is 0 Å². The largest absolute Gasteiger partial charge is 0.356 e. The van der Waals surface area contributed by atoms with Gasteiger partial charge in [0.1, 0.15) is 5.82 Å². The van der Waals surface area contributed by atoms with E-state index in [-0.39, 0.29) is 6.04 Å². The molecular weight excluding hydrogens is 198 g/mol. The monoisotopic (exact) mass is 221 g/mol. The van der Waals surface area contributed by atoms with E-state index in [1.54, 1.807) is 0 Å². The first-order chi connectivity index (χ1) is 7.70. The molecule has 1 atom stereocenters. The molecule has 0 saturated carbocycles. The predicted molar refractivity (Wildman–Crippen MR) is 69.6 cm³/mol. The van der Waals surface area contributed by atoms with Crippen LogP contribution in [0.3, 0.4) is 0 Å². The van der Waals surface area contributed by atoms with E-state index in [1.165, 1.54) is 0 Å². The van der Waals surface area contributed by atoms with E-state index >= 15 is 0 Å². The average molecular weight is 221 g/mol. The lowest BCUT2D eigenvalue weighted by molar-refractivity contribution is 0.715. The molecule has 0 aliphatic heterocycles. The Morgan fingerprint density at radius 2 is 1.94 bits per heavy atom. The number of aromatic nitrogens is 1. The summed E-state index contributed by atoms with van der Waals surface area (Å²) in [6, 6.07) is 4.07. The standard InChI is InChI=1S/C13H23N3/c1-4-9-16(10-5-2)13-12(11(3)14)7-6-8-15-13/h6-8,11H,4-5,9-10,14H2,1-3H3/t11-/m1/s1. The van der Waals surface area contributed by atoms with Crippen molar-refractivity contribution in [3.05, 3.63) is 23.9 Å². The fourth-order valence-corrected chi connectivity index (χ4v) is 1.89. The molecular formula is C13H23N3. The van der Waals surface area contributed by atoms with Gasteiger partial charge in [-0.05, 0) is 25.8 Å². The third-order valence-electron chi connectivity index (χ3n) is 2.59. The Morgan fingerprint density at radius 1 is 1.31 bits per heavy atom. The zero-order valence-electron chi connectivity index (χ0n) is 10.6. The summed E-state index contributed by atoms with van der Waals surface area (Å²) in [6.45, 7) is 8.49. The maximum Gasteiger partial charge on any atom is 0.133 e. The van der Waals surface area contributed by atoms with Crippen molar-refractivity contribution in [2.75, 3.05) is 18.0 Å². The van der Waals surface area contributed by atoms with Crippen LogP contribution in [-0.4, -0.2) is 18.1 Å². The Labute approximate surface area is 98.7 Å². The Balaban J connectivity index is 2.97. The molecule has 0 bridgehead atoms. The second-order valence-corrected chi connectivity index (χ2v) is 4.19. The first-order valence-corrected chi connectivity index (χ1v) is 6.16. The molecule has 2 N–H and O–H groups in total. The van der Waals surface area contributed by atoms with Crippen LogP contribution in [0.4, 0.5) is 5.82 Å². The van der Waals surface area contributed by atoms with Gasteiger partial charge in [-0.3, -0.25) is 0 Å². The van der Waals surface area contributed by atoms with Crippen molar-refractivity contribution in [1.82, 2.24) is 4.98 Å². The fourth-order valence-electron chi connectivity index (χ4n) is 1.89. The van der Waals surface area contributed by atoms with Crippen LogP contribution >= 0.6 is 0 Å². The molecule has 0 spiro atoms. The van der Waals surface area contributed by atoms with Gasteiger partial charge in [0.05, 0.1) is 0 Å². The van der Waals surface area contributed by atoms with E-state index in [0.29, 0.717) is 0 Å². The third-order valence-corrected chi connectivity index (χ3v) is 2.59. The molecule has 1 aromatic rings. The molecule has 0 aliphatic carbocycles. The number of hydrogen-bond acceptors (Lipinski definition) is 3. The summed E-state index contributed by atoms with van der Waals surface area (Å²) < 4.78 is 0. The van der Waals surface area contributed by atoms with Crippen molar-refractivity contribution >= 4 is 5.82 Å². The van der Waals surface area contributed by atoms with Crippen LogP contribution in [0, 0.1) is 0 Å². The van der Waals surface area contributed by atoms with Crippen LogP contribution in [0.5, 0.6) is 0 Å². The summed E-state index contributed by atoms with van der Waals surface area (Å²) in [7, 11) is 0. The Morgan fingerprint density at radius 3 is 2.44 bits per heavy atom. The maximum absolute atomic E-state index is 5.98. The minimum absolute atomic E-state index is 0.0416. The smallest absolute Gasteiger partial charge is 0.133 e. The molecule has 90 valence electrons. The Kier molecular flexibility index (Phi) is 5.26. The lowest BCUT2D eigenvalue weighted by atomic mass is 10.1. The van der Waals surface area contributed by atoms with Crippen LogP contribution < -0.4 is 10.6 Å². The number of hydrogen-bond donors (Lipinski definition) is 1. The van der Waals surface area contributed by atoms with Crippen molar-refractivity contribution in [1.29, 1.82) is 0 Å². The molecule has 0 aliphatic rings. The highest BCUT2D eigenvalue weighted by Gasteiger charge is 2.13. The molecule has 1 heterocycles. The van der Waals surface area contributed by atoms with Crippen molar-refractivity contribution in [3.8, 4) is 0 Å². The number of nitrogens with two attached hydrogens (primary N) is 1. The van der Waals surface area contributed by atoms with Crippen molar-refractivity contribution in [2.24, 2.45) is 5.73 Å². The molecule has 0 radical (unpaired) electrons. The zero-order valence-corrected chi connectivity index (χ0v) is 10.6. The Bertz CT molecular complexity index is 304. The van der Waals surface area contributed by atoms with Gasteiger partial charge in [-0.2, -0.15) is 0 Å². The van der Waals surface area contributed by atoms with Crippen LogP contribution in [0.1, 0.15) is 45.2 Å². The molecule has 0 saturated heterocycles. The molecule has 0 amide bonds. The first kappa shape index (κ1) is 13.0. The number of nitrogens with zero attached hydrogens (tertiary/aromatic N) is 2. The zero-order chi connectivity index (χ0) is 12.0. The van der Waals surface area contributed by atoms with Gasteiger partial charge in [-0.1, -0.05) is 19.9 Å². The molecule has 3 heteroatoms. The summed E-state index contributed by atoms with van der Waals surface area (Å²) in [4.78, 5) is 6.82. The first-order valence-electron chi connectivity index (χ1n) is 6.16. The molecule has 16 heavy (non-hydrogen) atoms. The maximum atomic E-state index is 5.98. The summed E-state index contributed by atoms with van der Waals surface area (Å²) in [5.41, 5.74) is 7.12. The van der Waals surface area contributed by atoms with E-state index in [2.05, 4.69) is 29.8 Å². The van der Waals surface area contributed by atoms with Crippen LogP contribution in [0.25, 0.3) is 0 Å². The third kappa shape index (κ3) is 3.20. The molecule has 3 nitrogen and oxygen atoms in total. The summed E-state index contributed by atoms with van der Waals surface area (Å²) in [5, 5.41) is 0. The van der Waals surface area contributed by atoms with Crippen molar-refractivity contribution < 1.29 is 0 Å². The molecule has 0 unspecified atom stereocenters. The topological polar surface area (TPSA) is 42.2 Å². The number of rotatable bonds is 6. The van der Waals surface area contributed by atoms with Gasteiger partial charge in [-0.15, -0.1) is 0 Å². The van der Waals surface area contributed by atoms with Gasteiger partial charge in [0.15, 0.2) is 0 Å². The summed E-state index contributed by atoms with van der Waals surface area (Å²) in [5.74, 6) is 1.06. The van der Waals surface area contributed by atoms with E-state index in [0.717, 1.165) is 37.3 Å². The van der Waals surface area contributed by atoms with Gasteiger partial charge in [-0.25, -0.2) is 4.98 Å². The van der Waals surface area contributed by atoms with Gasteiger partial charge in [0, 0.05) is 30.9 Å². The summed E-state index contributed by atoms with van der Waals surface area (Å²) in [6.07, 6.45) is 4.11. The quantitative estimate of drug-likeness (QED) is 0.803. The highest BCUT2D eigenvalue weighted by molar-refractivity contribution is 5.48. The van der Waals surface area contributed by atoms with E-state index in [1.807, 2.05) is 19.2 Å². The van der Waals surface area contributed by atoms with E-state index in [9.17, 15) is 0 Å². The van der Waals surface area contributed by atoms with Crippen LogP contribution in [0.15, 0.2) is 18.3 Å². The molecule has 1 rings (SSSR count). The van der Waals surface area contributed by atoms with Crippen LogP contribution in [0.2, 0.25) is 0 Å².